The number of rotatable bonds is 3. The van der Waals surface area contributed by atoms with Gasteiger partial charge in [-0.15, -0.1) is 0 Å². The van der Waals surface area contributed by atoms with Gasteiger partial charge >= 0.3 is 0 Å². The third kappa shape index (κ3) is 4.64. The molecule has 0 aromatic rings. The van der Waals surface area contributed by atoms with Crippen molar-refractivity contribution in [3.8, 4) is 0 Å². The molecular weight excluding hydrogens is 216 g/mol. The van der Waals surface area contributed by atoms with Gasteiger partial charge in [-0.2, -0.15) is 0 Å². The highest BCUT2D eigenvalue weighted by atomic mass is 16.5. The number of ether oxygens (including phenoxy) is 1. The van der Waals surface area contributed by atoms with Crippen molar-refractivity contribution in [1.82, 2.24) is 10.6 Å². The average molecular weight is 240 g/mol. The molecule has 1 aliphatic heterocycles. The van der Waals surface area contributed by atoms with E-state index < -0.39 is 0 Å². The summed E-state index contributed by atoms with van der Waals surface area (Å²) in [6, 6.07) is 0.404. The summed E-state index contributed by atoms with van der Waals surface area (Å²) in [6.07, 6.45) is 8.02. The fraction of sp³-hybridized carbons (Fsp3) is 0.923. The van der Waals surface area contributed by atoms with Crippen molar-refractivity contribution in [1.29, 1.82) is 0 Å². The predicted octanol–water partition coefficient (Wildman–Crippen LogP) is 1.20. The molecule has 0 aromatic carbocycles. The molecule has 2 rings (SSSR count). The Kier molecular flexibility index (Phi) is 5.26. The van der Waals surface area contributed by atoms with Crippen LogP contribution in [-0.4, -0.2) is 37.7 Å². The average Bonchev–Trinajstić information content (AvgIpc) is 2.59. The molecule has 1 saturated heterocycles. The van der Waals surface area contributed by atoms with E-state index in [0.717, 1.165) is 32.5 Å². The SMILES string of the molecule is O=C(CC1CNCCO1)NC1CCCCCC1. The molecule has 1 heterocycles. The van der Waals surface area contributed by atoms with E-state index in [4.69, 9.17) is 4.74 Å². The summed E-state index contributed by atoms with van der Waals surface area (Å²) >= 11 is 0. The van der Waals surface area contributed by atoms with Gasteiger partial charge in [-0.25, -0.2) is 0 Å². The molecule has 0 spiro atoms. The lowest BCUT2D eigenvalue weighted by molar-refractivity contribution is -0.125. The molecular formula is C13H24N2O2. The van der Waals surface area contributed by atoms with E-state index in [-0.39, 0.29) is 12.0 Å². The van der Waals surface area contributed by atoms with Crippen LogP contribution in [0.4, 0.5) is 0 Å². The van der Waals surface area contributed by atoms with Crippen LogP contribution in [0.25, 0.3) is 0 Å². The molecule has 0 radical (unpaired) electrons. The third-order valence-corrected chi connectivity index (χ3v) is 3.64. The smallest absolute Gasteiger partial charge is 0.222 e. The number of hydrogen-bond acceptors (Lipinski definition) is 3. The first-order chi connectivity index (χ1) is 8.34. The van der Waals surface area contributed by atoms with Crippen molar-refractivity contribution in [3.63, 3.8) is 0 Å². The first kappa shape index (κ1) is 12.8. The highest BCUT2D eigenvalue weighted by Crippen LogP contribution is 2.17. The number of hydrogen-bond donors (Lipinski definition) is 2. The van der Waals surface area contributed by atoms with Gasteiger partial charge in [0.2, 0.25) is 5.91 Å². The Morgan fingerprint density at radius 1 is 1.24 bits per heavy atom. The zero-order chi connectivity index (χ0) is 11.9. The lowest BCUT2D eigenvalue weighted by atomic mass is 10.1. The van der Waals surface area contributed by atoms with E-state index in [0.29, 0.717) is 12.5 Å². The number of amides is 1. The van der Waals surface area contributed by atoms with Crippen molar-refractivity contribution in [3.05, 3.63) is 0 Å². The Morgan fingerprint density at radius 2 is 2.00 bits per heavy atom. The van der Waals surface area contributed by atoms with Crippen LogP contribution < -0.4 is 10.6 Å². The minimum Gasteiger partial charge on any atom is -0.375 e. The second-order valence-electron chi connectivity index (χ2n) is 5.16. The van der Waals surface area contributed by atoms with Crippen molar-refractivity contribution in [2.24, 2.45) is 0 Å². The highest BCUT2D eigenvalue weighted by Gasteiger charge is 2.20. The summed E-state index contributed by atoms with van der Waals surface area (Å²) in [5.74, 6) is 0.158. The second-order valence-corrected chi connectivity index (χ2v) is 5.16. The van der Waals surface area contributed by atoms with E-state index in [1.807, 2.05) is 0 Å². The van der Waals surface area contributed by atoms with Gasteiger partial charge in [0.1, 0.15) is 0 Å². The van der Waals surface area contributed by atoms with Gasteiger partial charge in [0.05, 0.1) is 19.1 Å². The standard InChI is InChI=1S/C13H24N2O2/c16-13(9-12-10-14-7-8-17-12)15-11-5-3-1-2-4-6-11/h11-12,14H,1-10H2,(H,15,16). The molecule has 1 amide bonds. The maximum atomic E-state index is 11.9. The maximum absolute atomic E-state index is 11.9. The summed E-state index contributed by atoms with van der Waals surface area (Å²) in [4.78, 5) is 11.9. The first-order valence-corrected chi connectivity index (χ1v) is 6.96. The van der Waals surface area contributed by atoms with Crippen molar-refractivity contribution >= 4 is 5.91 Å². The van der Waals surface area contributed by atoms with E-state index in [9.17, 15) is 4.79 Å². The van der Waals surface area contributed by atoms with Gasteiger partial charge < -0.3 is 15.4 Å². The summed E-state index contributed by atoms with van der Waals surface area (Å²) in [5, 5.41) is 6.41. The van der Waals surface area contributed by atoms with Crippen LogP contribution in [0.1, 0.15) is 44.9 Å². The minimum atomic E-state index is 0.0644. The van der Waals surface area contributed by atoms with Crippen LogP contribution in [0.15, 0.2) is 0 Å². The zero-order valence-electron chi connectivity index (χ0n) is 10.5. The Balaban J connectivity index is 1.68. The fourth-order valence-electron chi connectivity index (χ4n) is 2.67. The Morgan fingerprint density at radius 3 is 2.65 bits per heavy atom. The van der Waals surface area contributed by atoms with Crippen LogP contribution in [0.2, 0.25) is 0 Å². The van der Waals surface area contributed by atoms with Crippen LogP contribution in [0.5, 0.6) is 0 Å². The molecule has 4 heteroatoms. The van der Waals surface area contributed by atoms with Crippen LogP contribution >= 0.6 is 0 Å². The molecule has 17 heavy (non-hydrogen) atoms. The normalized spacial score (nSPS) is 27.4. The van der Waals surface area contributed by atoms with Gasteiger partial charge in [0, 0.05) is 19.1 Å². The molecule has 2 aliphatic rings. The van der Waals surface area contributed by atoms with Crippen LogP contribution in [-0.2, 0) is 9.53 Å². The Hall–Kier alpha value is -0.610. The quantitative estimate of drug-likeness (QED) is 0.729. The molecule has 0 bridgehead atoms. The van der Waals surface area contributed by atoms with Gasteiger partial charge in [-0.1, -0.05) is 25.7 Å². The molecule has 2 fully saturated rings. The molecule has 1 saturated carbocycles. The number of nitrogens with one attached hydrogen (secondary N) is 2. The summed E-state index contributed by atoms with van der Waals surface area (Å²) < 4.78 is 5.54. The summed E-state index contributed by atoms with van der Waals surface area (Å²) in [5.41, 5.74) is 0. The molecule has 1 aliphatic carbocycles. The van der Waals surface area contributed by atoms with Crippen LogP contribution in [0, 0.1) is 0 Å². The molecule has 1 unspecified atom stereocenters. The lowest BCUT2D eigenvalue weighted by Gasteiger charge is -2.24. The Bertz CT molecular complexity index is 232. The van der Waals surface area contributed by atoms with Crippen molar-refractivity contribution in [2.75, 3.05) is 19.7 Å². The van der Waals surface area contributed by atoms with Crippen LogP contribution in [0.3, 0.4) is 0 Å². The van der Waals surface area contributed by atoms with Gasteiger partial charge in [0.25, 0.3) is 0 Å². The largest absolute Gasteiger partial charge is 0.375 e. The molecule has 0 aromatic heterocycles. The highest BCUT2D eigenvalue weighted by molar-refractivity contribution is 5.76. The second kappa shape index (κ2) is 6.97. The van der Waals surface area contributed by atoms with Gasteiger partial charge in [0.15, 0.2) is 0 Å². The minimum absolute atomic E-state index is 0.0644. The maximum Gasteiger partial charge on any atom is 0.222 e. The van der Waals surface area contributed by atoms with Gasteiger partial charge in [-0.05, 0) is 12.8 Å². The van der Waals surface area contributed by atoms with Gasteiger partial charge in [-0.3, -0.25) is 4.79 Å². The van der Waals surface area contributed by atoms with Crippen molar-refractivity contribution in [2.45, 2.75) is 57.1 Å². The summed E-state index contributed by atoms with van der Waals surface area (Å²) in [6.45, 7) is 2.43. The monoisotopic (exact) mass is 240 g/mol. The molecule has 4 nitrogen and oxygen atoms in total. The zero-order valence-corrected chi connectivity index (χ0v) is 10.5. The van der Waals surface area contributed by atoms with E-state index in [1.54, 1.807) is 0 Å². The topological polar surface area (TPSA) is 50.4 Å². The van der Waals surface area contributed by atoms with E-state index in [1.165, 1.54) is 25.7 Å². The van der Waals surface area contributed by atoms with Crippen molar-refractivity contribution < 1.29 is 9.53 Å². The fourth-order valence-corrected chi connectivity index (χ4v) is 2.67. The molecule has 2 N–H and O–H groups in total. The molecule has 1 atom stereocenters. The predicted molar refractivity (Wildman–Crippen MR) is 66.9 cm³/mol. The number of morpholine rings is 1. The Labute approximate surface area is 103 Å². The number of carbonyl (C=O) groups excluding carboxylic acids is 1. The number of carbonyl (C=O) groups is 1. The lowest BCUT2D eigenvalue weighted by Crippen LogP contribution is -2.43. The third-order valence-electron chi connectivity index (χ3n) is 3.64. The van der Waals surface area contributed by atoms with E-state index >= 15 is 0 Å². The first-order valence-electron chi connectivity index (χ1n) is 6.96. The summed E-state index contributed by atoms with van der Waals surface area (Å²) in [7, 11) is 0. The van der Waals surface area contributed by atoms with E-state index in [2.05, 4.69) is 10.6 Å². The molecule has 98 valence electrons.